The maximum absolute atomic E-state index is 13.9. The molecule has 2 aromatic rings. The van der Waals surface area contributed by atoms with E-state index < -0.39 is 17.4 Å². The van der Waals surface area contributed by atoms with Crippen molar-refractivity contribution in [2.75, 3.05) is 59.4 Å². The van der Waals surface area contributed by atoms with Crippen molar-refractivity contribution < 1.29 is 33.3 Å². The number of rotatable bonds is 20. The number of thiazole rings is 1. The van der Waals surface area contributed by atoms with Gasteiger partial charge in [-0.25, -0.2) is 4.98 Å². The van der Waals surface area contributed by atoms with Gasteiger partial charge in [-0.15, -0.1) is 11.3 Å². The Bertz CT molecular complexity index is 1230. The Morgan fingerprint density at radius 3 is 2.15 bits per heavy atom. The Morgan fingerprint density at radius 2 is 1.59 bits per heavy atom. The van der Waals surface area contributed by atoms with Gasteiger partial charge >= 0.3 is 0 Å². The predicted molar refractivity (Wildman–Crippen MR) is 180 cm³/mol. The van der Waals surface area contributed by atoms with Gasteiger partial charge in [0, 0.05) is 32.0 Å². The number of benzene rings is 1. The van der Waals surface area contributed by atoms with E-state index in [9.17, 15) is 14.4 Å². The molecule has 0 spiro atoms. The number of nitrogens with zero attached hydrogens (tertiary/aromatic N) is 2. The van der Waals surface area contributed by atoms with Gasteiger partial charge < -0.3 is 29.2 Å². The van der Waals surface area contributed by atoms with E-state index in [4.69, 9.17) is 18.9 Å². The van der Waals surface area contributed by atoms with Gasteiger partial charge in [0.15, 0.2) is 5.78 Å². The van der Waals surface area contributed by atoms with Crippen LogP contribution in [-0.2, 0) is 39.9 Å². The van der Waals surface area contributed by atoms with E-state index in [-0.39, 0.29) is 43.2 Å². The number of nitrogens with one attached hydrogen (secondary N) is 1. The van der Waals surface area contributed by atoms with Crippen LogP contribution in [-0.4, -0.2) is 92.9 Å². The zero-order chi connectivity index (χ0) is 33.5. The zero-order valence-electron chi connectivity index (χ0n) is 28.5. The Kier molecular flexibility index (Phi) is 15.8. The van der Waals surface area contributed by atoms with Gasteiger partial charge in [-0.3, -0.25) is 14.4 Å². The number of ether oxygens (including phenoxy) is 4. The molecule has 1 aromatic carbocycles. The molecular weight excluding hydrogens is 606 g/mol. The number of ketones is 1. The van der Waals surface area contributed by atoms with Gasteiger partial charge in [-0.05, 0) is 42.2 Å². The highest BCUT2D eigenvalue weighted by molar-refractivity contribution is 7.13. The SMILES string of the molecule is CCCOCCOCCOCCOCC(=O)C[C@H](C(=O)N1C[C@H](C)C[C@H]1C(=O)NCc1ccc(-c2scnc2C)cc1)C(C)(C)C. The van der Waals surface area contributed by atoms with Crippen LogP contribution < -0.4 is 5.32 Å². The fourth-order valence-electron chi connectivity index (χ4n) is 5.44. The Balaban J connectivity index is 1.45. The lowest BCUT2D eigenvalue weighted by molar-refractivity contribution is -0.146. The van der Waals surface area contributed by atoms with Crippen LogP contribution in [0.1, 0.15) is 65.1 Å². The highest BCUT2D eigenvalue weighted by Crippen LogP contribution is 2.34. The quantitative estimate of drug-likeness (QED) is 0.196. The number of hydrogen-bond donors (Lipinski definition) is 1. The summed E-state index contributed by atoms with van der Waals surface area (Å²) in [5.41, 5.74) is 4.45. The number of Topliss-reactive ketones (excluding diaryl/α,β-unsaturated/α-hetero) is 1. The highest BCUT2D eigenvalue weighted by atomic mass is 32.1. The van der Waals surface area contributed by atoms with Gasteiger partial charge in [0.1, 0.15) is 12.6 Å². The fourth-order valence-corrected chi connectivity index (χ4v) is 6.25. The topological polar surface area (TPSA) is 116 Å². The van der Waals surface area contributed by atoms with Crippen LogP contribution in [0.4, 0.5) is 0 Å². The summed E-state index contributed by atoms with van der Waals surface area (Å²) < 4.78 is 21.8. The summed E-state index contributed by atoms with van der Waals surface area (Å²) in [6.45, 7) is 16.1. The second-order valence-corrected chi connectivity index (χ2v) is 13.9. The third-order valence-electron chi connectivity index (χ3n) is 8.03. The fraction of sp³-hybridized carbons (Fsp3) is 0.657. The van der Waals surface area contributed by atoms with E-state index in [1.54, 1.807) is 16.2 Å². The van der Waals surface area contributed by atoms with Gasteiger partial charge in [-0.2, -0.15) is 0 Å². The molecule has 1 aliphatic heterocycles. The smallest absolute Gasteiger partial charge is 0.243 e. The van der Waals surface area contributed by atoms with E-state index in [1.807, 2.05) is 57.5 Å². The molecule has 3 atom stereocenters. The van der Waals surface area contributed by atoms with Crippen LogP contribution in [0.3, 0.4) is 0 Å². The van der Waals surface area contributed by atoms with E-state index in [0.29, 0.717) is 52.5 Å². The molecule has 2 amide bonds. The zero-order valence-corrected chi connectivity index (χ0v) is 29.3. The molecule has 46 heavy (non-hydrogen) atoms. The first-order chi connectivity index (χ1) is 22.0. The summed E-state index contributed by atoms with van der Waals surface area (Å²) >= 11 is 1.61. The monoisotopic (exact) mass is 659 g/mol. The molecule has 0 aliphatic carbocycles. The van der Waals surface area contributed by atoms with Crippen LogP contribution in [0.5, 0.6) is 0 Å². The third kappa shape index (κ3) is 12.2. The van der Waals surface area contributed by atoms with Crippen molar-refractivity contribution in [1.82, 2.24) is 15.2 Å². The molecule has 3 rings (SSSR count). The van der Waals surface area contributed by atoms with Crippen LogP contribution in [0, 0.1) is 24.2 Å². The molecule has 2 heterocycles. The molecule has 1 N–H and O–H groups in total. The Hall–Kier alpha value is -2.70. The summed E-state index contributed by atoms with van der Waals surface area (Å²) in [7, 11) is 0. The number of likely N-dealkylation sites (tertiary alicyclic amines) is 1. The number of amides is 2. The number of carbonyl (C=O) groups excluding carboxylic acids is 3. The molecule has 0 bridgehead atoms. The number of hydrogen-bond acceptors (Lipinski definition) is 9. The molecule has 0 saturated carbocycles. The first kappa shape index (κ1) is 37.8. The summed E-state index contributed by atoms with van der Waals surface area (Å²) in [4.78, 5) is 47.4. The van der Waals surface area contributed by atoms with Crippen molar-refractivity contribution in [3.8, 4) is 10.4 Å². The van der Waals surface area contributed by atoms with Crippen molar-refractivity contribution in [3.05, 3.63) is 41.0 Å². The van der Waals surface area contributed by atoms with Gasteiger partial charge in [-0.1, -0.05) is 58.9 Å². The first-order valence-electron chi connectivity index (χ1n) is 16.4. The molecule has 1 fully saturated rings. The van der Waals surface area contributed by atoms with Crippen LogP contribution >= 0.6 is 11.3 Å². The molecular formula is C35H53N3O7S. The Morgan fingerprint density at radius 1 is 0.978 bits per heavy atom. The van der Waals surface area contributed by atoms with Crippen LogP contribution in [0.25, 0.3) is 10.4 Å². The minimum absolute atomic E-state index is 0.0575. The average Bonchev–Trinajstić information content (AvgIpc) is 3.63. The number of aryl methyl sites for hydroxylation is 1. The van der Waals surface area contributed by atoms with Crippen molar-refractivity contribution in [1.29, 1.82) is 0 Å². The summed E-state index contributed by atoms with van der Waals surface area (Å²) in [5.74, 6) is -0.854. The molecule has 1 aromatic heterocycles. The molecule has 10 nitrogen and oxygen atoms in total. The molecule has 0 radical (unpaired) electrons. The molecule has 256 valence electrons. The summed E-state index contributed by atoms with van der Waals surface area (Å²) in [6, 6.07) is 7.53. The van der Waals surface area contributed by atoms with E-state index in [1.165, 1.54) is 0 Å². The lowest BCUT2D eigenvalue weighted by atomic mass is 9.77. The van der Waals surface area contributed by atoms with Gasteiger partial charge in [0.2, 0.25) is 11.8 Å². The summed E-state index contributed by atoms with van der Waals surface area (Å²) in [6.07, 6.45) is 1.64. The minimum Gasteiger partial charge on any atom is -0.379 e. The average molecular weight is 660 g/mol. The number of aromatic nitrogens is 1. The number of carbonyl (C=O) groups is 3. The van der Waals surface area contributed by atoms with E-state index in [0.717, 1.165) is 34.7 Å². The normalized spacial score (nSPS) is 17.3. The van der Waals surface area contributed by atoms with Crippen LogP contribution in [0.2, 0.25) is 0 Å². The minimum atomic E-state index is -0.568. The van der Waals surface area contributed by atoms with E-state index in [2.05, 4.69) is 24.1 Å². The van der Waals surface area contributed by atoms with Crippen molar-refractivity contribution in [3.63, 3.8) is 0 Å². The highest BCUT2D eigenvalue weighted by Gasteiger charge is 2.43. The van der Waals surface area contributed by atoms with Crippen LogP contribution in [0.15, 0.2) is 29.8 Å². The second kappa shape index (κ2) is 19.2. The lowest BCUT2D eigenvalue weighted by Gasteiger charge is -2.34. The summed E-state index contributed by atoms with van der Waals surface area (Å²) in [5, 5.41) is 3.04. The first-order valence-corrected chi connectivity index (χ1v) is 17.3. The van der Waals surface area contributed by atoms with E-state index >= 15 is 0 Å². The second-order valence-electron chi connectivity index (χ2n) is 13.1. The third-order valence-corrected chi connectivity index (χ3v) is 9.00. The largest absolute Gasteiger partial charge is 0.379 e. The van der Waals surface area contributed by atoms with Gasteiger partial charge in [0.05, 0.1) is 55.7 Å². The van der Waals surface area contributed by atoms with Crippen molar-refractivity contribution >= 4 is 28.9 Å². The van der Waals surface area contributed by atoms with Gasteiger partial charge in [0.25, 0.3) is 0 Å². The van der Waals surface area contributed by atoms with Crippen molar-refractivity contribution in [2.24, 2.45) is 17.3 Å². The maximum Gasteiger partial charge on any atom is 0.243 e. The standard InChI is InChI=1S/C35H53N3O7S/c1-7-12-42-13-14-43-15-16-44-17-18-45-23-29(39)20-30(35(4,5)6)34(41)38-22-25(2)19-31(38)33(40)36-21-27-8-10-28(11-9-27)32-26(3)37-24-46-32/h8-11,24-25,30-31H,7,12-23H2,1-6H3,(H,36,40)/t25-,30-,31+/m1/s1. The molecule has 11 heteroatoms. The Labute approximate surface area is 278 Å². The van der Waals surface area contributed by atoms with Crippen molar-refractivity contribution in [2.45, 2.75) is 73.4 Å². The molecule has 1 aliphatic rings. The molecule has 1 saturated heterocycles. The maximum atomic E-state index is 13.9. The molecule has 0 unspecified atom stereocenters. The predicted octanol–water partition coefficient (Wildman–Crippen LogP) is 5.07. The lowest BCUT2D eigenvalue weighted by Crippen LogP contribution is -2.50.